The third-order valence-electron chi connectivity index (χ3n) is 4.37. The molecule has 1 amide bonds. The fourth-order valence-corrected chi connectivity index (χ4v) is 3.22. The van der Waals surface area contributed by atoms with Gasteiger partial charge in [0.25, 0.3) is 0 Å². The van der Waals surface area contributed by atoms with Gasteiger partial charge in [-0.15, -0.1) is 0 Å². The van der Waals surface area contributed by atoms with Gasteiger partial charge in [0, 0.05) is 0 Å². The number of nitrogens with one attached hydrogen (secondary N) is 1. The molecule has 1 heterocycles. The Morgan fingerprint density at radius 2 is 1.63 bits per heavy atom. The predicted molar refractivity (Wildman–Crippen MR) is 74.5 cm³/mol. The van der Waals surface area contributed by atoms with Gasteiger partial charge in [-0.05, 0) is 38.8 Å². The first-order valence-electron chi connectivity index (χ1n) is 7.69. The first kappa shape index (κ1) is 14.3. The fourth-order valence-electron chi connectivity index (χ4n) is 3.22. The van der Waals surface area contributed by atoms with Crippen LogP contribution < -0.4 is 5.32 Å². The van der Waals surface area contributed by atoms with Crippen molar-refractivity contribution in [1.82, 2.24) is 10.2 Å². The van der Waals surface area contributed by atoms with Crippen molar-refractivity contribution in [3.8, 4) is 6.07 Å². The lowest BCUT2D eigenvalue weighted by Gasteiger charge is -2.32. The van der Waals surface area contributed by atoms with Crippen LogP contribution >= 0.6 is 0 Å². The van der Waals surface area contributed by atoms with Crippen molar-refractivity contribution in [1.29, 1.82) is 5.26 Å². The van der Waals surface area contributed by atoms with E-state index < -0.39 is 5.54 Å². The number of rotatable bonds is 3. The molecule has 2 aliphatic rings. The molecular formula is C15H25N3O. The van der Waals surface area contributed by atoms with Crippen molar-refractivity contribution in [2.75, 3.05) is 19.6 Å². The Bertz CT molecular complexity index is 334. The maximum atomic E-state index is 12.2. The molecule has 0 spiro atoms. The van der Waals surface area contributed by atoms with Crippen LogP contribution in [0.2, 0.25) is 0 Å². The van der Waals surface area contributed by atoms with Gasteiger partial charge in [0.15, 0.2) is 0 Å². The molecule has 106 valence electrons. The number of carbonyl (C=O) groups is 1. The highest BCUT2D eigenvalue weighted by molar-refractivity contribution is 5.79. The van der Waals surface area contributed by atoms with E-state index >= 15 is 0 Å². The molecule has 4 nitrogen and oxygen atoms in total. The van der Waals surface area contributed by atoms with Crippen molar-refractivity contribution in [2.24, 2.45) is 0 Å². The number of carbonyl (C=O) groups excluding carboxylic acids is 1. The second-order valence-corrected chi connectivity index (χ2v) is 5.99. The van der Waals surface area contributed by atoms with E-state index in [-0.39, 0.29) is 5.91 Å². The molecule has 0 atom stereocenters. The number of nitriles is 1. The Labute approximate surface area is 116 Å². The number of hydrogen-bond acceptors (Lipinski definition) is 3. The molecule has 0 aromatic carbocycles. The summed E-state index contributed by atoms with van der Waals surface area (Å²) in [5.74, 6) is 0.0327. The van der Waals surface area contributed by atoms with E-state index in [2.05, 4.69) is 16.3 Å². The molecule has 2 rings (SSSR count). The lowest BCUT2D eigenvalue weighted by Crippen LogP contribution is -2.51. The molecule has 1 saturated carbocycles. The molecule has 1 aliphatic heterocycles. The minimum absolute atomic E-state index is 0.0327. The summed E-state index contributed by atoms with van der Waals surface area (Å²) in [5, 5.41) is 12.4. The van der Waals surface area contributed by atoms with Crippen molar-refractivity contribution >= 4 is 5.91 Å². The summed E-state index contributed by atoms with van der Waals surface area (Å²) in [6.07, 6.45) is 9.86. The van der Waals surface area contributed by atoms with Crippen LogP contribution in [-0.4, -0.2) is 36.0 Å². The normalized spacial score (nSPS) is 24.2. The molecule has 0 bridgehead atoms. The summed E-state index contributed by atoms with van der Waals surface area (Å²) in [6.45, 7) is 2.50. The highest BCUT2D eigenvalue weighted by Gasteiger charge is 2.33. The first-order valence-corrected chi connectivity index (χ1v) is 7.69. The van der Waals surface area contributed by atoms with Crippen LogP contribution in [0.5, 0.6) is 0 Å². The molecule has 2 fully saturated rings. The molecule has 1 aliphatic carbocycles. The van der Waals surface area contributed by atoms with Crippen LogP contribution in [-0.2, 0) is 4.79 Å². The Balaban J connectivity index is 1.83. The highest BCUT2D eigenvalue weighted by atomic mass is 16.2. The Morgan fingerprint density at radius 3 is 2.21 bits per heavy atom. The second kappa shape index (κ2) is 6.91. The molecule has 1 N–H and O–H groups in total. The van der Waals surface area contributed by atoms with Crippen LogP contribution in [0.1, 0.15) is 57.8 Å². The first-order chi connectivity index (χ1) is 9.24. The van der Waals surface area contributed by atoms with Gasteiger partial charge in [0.05, 0.1) is 12.6 Å². The summed E-state index contributed by atoms with van der Waals surface area (Å²) in [4.78, 5) is 14.4. The average molecular weight is 263 g/mol. The van der Waals surface area contributed by atoms with Crippen LogP contribution in [0, 0.1) is 11.3 Å². The minimum Gasteiger partial charge on any atom is -0.337 e. The Morgan fingerprint density at radius 1 is 1.05 bits per heavy atom. The summed E-state index contributed by atoms with van der Waals surface area (Å²) < 4.78 is 0. The number of amides is 1. The van der Waals surface area contributed by atoms with Gasteiger partial charge < -0.3 is 5.32 Å². The zero-order chi connectivity index (χ0) is 13.6. The average Bonchev–Trinajstić information content (AvgIpc) is 2.68. The molecule has 0 aromatic rings. The van der Waals surface area contributed by atoms with E-state index in [0.717, 1.165) is 38.8 Å². The van der Waals surface area contributed by atoms with Gasteiger partial charge >= 0.3 is 0 Å². The van der Waals surface area contributed by atoms with Crippen molar-refractivity contribution in [2.45, 2.75) is 63.3 Å². The summed E-state index contributed by atoms with van der Waals surface area (Å²) >= 11 is 0. The Hall–Kier alpha value is -1.08. The molecule has 0 radical (unpaired) electrons. The zero-order valence-electron chi connectivity index (χ0n) is 11.8. The van der Waals surface area contributed by atoms with Gasteiger partial charge in [-0.3, -0.25) is 9.69 Å². The zero-order valence-corrected chi connectivity index (χ0v) is 11.8. The van der Waals surface area contributed by atoms with E-state index in [1.165, 1.54) is 32.1 Å². The Kier molecular flexibility index (Phi) is 5.21. The van der Waals surface area contributed by atoms with E-state index in [1.54, 1.807) is 0 Å². The lowest BCUT2D eigenvalue weighted by atomic mass is 9.83. The fraction of sp³-hybridized carbons (Fsp3) is 0.867. The standard InChI is InChI=1S/C15H25N3O/c16-13-15(8-4-3-5-9-15)17-14(19)12-18-10-6-1-2-7-11-18/h1-12H2,(H,17,19). The quantitative estimate of drug-likeness (QED) is 0.849. The molecule has 4 heteroatoms. The van der Waals surface area contributed by atoms with Gasteiger partial charge in [-0.2, -0.15) is 5.26 Å². The highest BCUT2D eigenvalue weighted by Crippen LogP contribution is 2.27. The molecule has 1 saturated heterocycles. The van der Waals surface area contributed by atoms with Gasteiger partial charge in [0.2, 0.25) is 5.91 Å². The number of nitrogens with zero attached hydrogens (tertiary/aromatic N) is 2. The monoisotopic (exact) mass is 263 g/mol. The largest absolute Gasteiger partial charge is 0.337 e. The van der Waals surface area contributed by atoms with E-state index in [9.17, 15) is 10.1 Å². The lowest BCUT2D eigenvalue weighted by molar-refractivity contribution is -0.123. The summed E-state index contributed by atoms with van der Waals surface area (Å²) in [5.41, 5.74) is -0.582. The topological polar surface area (TPSA) is 56.1 Å². The van der Waals surface area contributed by atoms with Gasteiger partial charge in [-0.25, -0.2) is 0 Å². The van der Waals surface area contributed by atoms with Crippen molar-refractivity contribution < 1.29 is 4.79 Å². The summed E-state index contributed by atoms with van der Waals surface area (Å²) in [7, 11) is 0. The number of likely N-dealkylation sites (tertiary alicyclic amines) is 1. The minimum atomic E-state index is -0.582. The van der Waals surface area contributed by atoms with Crippen LogP contribution in [0.4, 0.5) is 0 Å². The van der Waals surface area contributed by atoms with E-state index in [0.29, 0.717) is 6.54 Å². The van der Waals surface area contributed by atoms with Gasteiger partial charge in [0.1, 0.15) is 5.54 Å². The maximum Gasteiger partial charge on any atom is 0.235 e. The van der Waals surface area contributed by atoms with E-state index in [1.807, 2.05) is 0 Å². The molecule has 0 unspecified atom stereocenters. The number of hydrogen-bond donors (Lipinski definition) is 1. The van der Waals surface area contributed by atoms with Crippen LogP contribution in [0.15, 0.2) is 0 Å². The van der Waals surface area contributed by atoms with Gasteiger partial charge in [-0.1, -0.05) is 32.1 Å². The maximum absolute atomic E-state index is 12.2. The van der Waals surface area contributed by atoms with Crippen molar-refractivity contribution in [3.05, 3.63) is 0 Å². The predicted octanol–water partition coefficient (Wildman–Crippen LogP) is 2.21. The molecule has 19 heavy (non-hydrogen) atoms. The third-order valence-corrected chi connectivity index (χ3v) is 4.37. The SMILES string of the molecule is N#CC1(NC(=O)CN2CCCCCC2)CCCCC1. The smallest absolute Gasteiger partial charge is 0.235 e. The molecular weight excluding hydrogens is 238 g/mol. The van der Waals surface area contributed by atoms with Crippen LogP contribution in [0.25, 0.3) is 0 Å². The van der Waals surface area contributed by atoms with Crippen molar-refractivity contribution in [3.63, 3.8) is 0 Å². The second-order valence-electron chi connectivity index (χ2n) is 5.99. The van der Waals surface area contributed by atoms with E-state index in [4.69, 9.17) is 0 Å². The summed E-state index contributed by atoms with van der Waals surface area (Å²) in [6, 6.07) is 2.35. The van der Waals surface area contributed by atoms with Crippen LogP contribution in [0.3, 0.4) is 0 Å². The molecule has 0 aromatic heterocycles. The third kappa shape index (κ3) is 4.21.